The Labute approximate surface area is 131 Å². The Kier molecular flexibility index (Phi) is 4.33. The number of carbonyl (C=O) groups excluding carboxylic acids is 1. The van der Waals surface area contributed by atoms with E-state index in [4.69, 9.17) is 0 Å². The van der Waals surface area contributed by atoms with Crippen LogP contribution in [0, 0.1) is 0 Å². The molecule has 22 heavy (non-hydrogen) atoms. The van der Waals surface area contributed by atoms with Crippen molar-refractivity contribution in [2.45, 2.75) is 37.1 Å². The second kappa shape index (κ2) is 6.39. The van der Waals surface area contributed by atoms with Crippen LogP contribution in [0.25, 0.3) is 0 Å². The van der Waals surface area contributed by atoms with Gasteiger partial charge in [0.2, 0.25) is 11.1 Å². The summed E-state index contributed by atoms with van der Waals surface area (Å²) < 4.78 is 13.1. The maximum absolute atomic E-state index is 12.6. The average molecular weight is 318 g/mol. The third-order valence-corrected chi connectivity index (χ3v) is 4.48. The third kappa shape index (κ3) is 3.41. The minimum atomic E-state index is -1.25. The van der Waals surface area contributed by atoms with Crippen LogP contribution in [-0.2, 0) is 28.7 Å². The third-order valence-electron chi connectivity index (χ3n) is 3.65. The summed E-state index contributed by atoms with van der Waals surface area (Å²) in [5, 5.41) is 7.90. The lowest BCUT2D eigenvalue weighted by Gasteiger charge is -2.23. The van der Waals surface area contributed by atoms with Gasteiger partial charge in [0.1, 0.15) is 12.9 Å². The summed E-state index contributed by atoms with van der Waals surface area (Å²) in [6.07, 6.45) is 5.09. The van der Waals surface area contributed by atoms with Crippen molar-refractivity contribution in [3.63, 3.8) is 0 Å². The molecule has 1 amide bonds. The van der Waals surface area contributed by atoms with E-state index in [9.17, 15) is 9.00 Å². The van der Waals surface area contributed by atoms with Crippen molar-refractivity contribution in [2.24, 2.45) is 0 Å². The molecule has 1 atom stereocenters. The predicted octanol–water partition coefficient (Wildman–Crippen LogP) is 1.21. The van der Waals surface area contributed by atoms with Crippen LogP contribution in [-0.4, -0.2) is 42.1 Å². The minimum absolute atomic E-state index is 0.0119. The molecular formula is C15H18N4O2S. The number of rotatable bonds is 6. The maximum atomic E-state index is 12.6. The number of aromatic nitrogens is 3. The summed E-state index contributed by atoms with van der Waals surface area (Å²) in [5.41, 5.74) is 1.12. The van der Waals surface area contributed by atoms with Crippen molar-refractivity contribution in [2.75, 3.05) is 6.26 Å². The zero-order valence-corrected chi connectivity index (χ0v) is 13.2. The molecule has 7 heteroatoms. The number of carbonyl (C=O) groups is 1. The molecule has 0 bridgehead atoms. The summed E-state index contributed by atoms with van der Waals surface area (Å²) >= 11 is 0. The van der Waals surface area contributed by atoms with Crippen LogP contribution in [0.5, 0.6) is 0 Å². The Morgan fingerprint density at radius 1 is 1.36 bits per heavy atom. The highest BCUT2D eigenvalue weighted by Gasteiger charge is 2.32. The van der Waals surface area contributed by atoms with E-state index in [1.165, 1.54) is 12.6 Å². The first-order valence-electron chi connectivity index (χ1n) is 7.20. The number of hydrogen-bond acceptors (Lipinski definition) is 4. The molecule has 0 unspecified atom stereocenters. The lowest BCUT2D eigenvalue weighted by atomic mass is 10.2. The van der Waals surface area contributed by atoms with Gasteiger partial charge in [-0.05, 0) is 18.4 Å². The number of benzene rings is 1. The lowest BCUT2D eigenvalue weighted by Crippen LogP contribution is -2.35. The fourth-order valence-electron chi connectivity index (χ4n) is 2.40. The zero-order valence-electron chi connectivity index (χ0n) is 12.4. The molecule has 1 aliphatic carbocycles. The van der Waals surface area contributed by atoms with Gasteiger partial charge in [-0.15, -0.1) is 10.2 Å². The topological polar surface area (TPSA) is 68.1 Å². The molecule has 1 aromatic heterocycles. The van der Waals surface area contributed by atoms with E-state index in [1.807, 2.05) is 35.2 Å². The molecular weight excluding hydrogens is 300 g/mol. The molecule has 0 saturated heterocycles. The largest absolute Gasteiger partial charge is 0.334 e. The van der Waals surface area contributed by atoms with Gasteiger partial charge in [-0.1, -0.05) is 30.3 Å². The van der Waals surface area contributed by atoms with Gasteiger partial charge >= 0.3 is 0 Å². The molecule has 2 aromatic rings. The Morgan fingerprint density at radius 2 is 2.09 bits per heavy atom. The van der Waals surface area contributed by atoms with Gasteiger partial charge < -0.3 is 4.90 Å². The Morgan fingerprint density at radius 3 is 2.73 bits per heavy atom. The standard InChI is InChI=1S/C15H18N4O2S/c1-22(21)15-17-16-11-18(15)10-14(20)19(13-7-8-13)9-12-5-3-2-4-6-12/h2-6,11,13H,7-10H2,1H3/t22-/m1/s1. The normalized spacial score (nSPS) is 15.5. The first kappa shape index (κ1) is 14.9. The van der Waals surface area contributed by atoms with Gasteiger partial charge in [-0.2, -0.15) is 0 Å². The Balaban J connectivity index is 1.73. The van der Waals surface area contributed by atoms with Crippen LogP contribution in [0.4, 0.5) is 0 Å². The van der Waals surface area contributed by atoms with Gasteiger partial charge in [0.25, 0.3) is 0 Å². The summed E-state index contributed by atoms with van der Waals surface area (Å²) in [6, 6.07) is 10.3. The van der Waals surface area contributed by atoms with Crippen LogP contribution < -0.4 is 0 Å². The van der Waals surface area contributed by atoms with E-state index < -0.39 is 10.8 Å². The summed E-state index contributed by atoms with van der Waals surface area (Å²) in [4.78, 5) is 14.5. The van der Waals surface area contributed by atoms with Crippen LogP contribution in [0.2, 0.25) is 0 Å². The van der Waals surface area contributed by atoms with Crippen LogP contribution >= 0.6 is 0 Å². The van der Waals surface area contributed by atoms with Crippen LogP contribution in [0.3, 0.4) is 0 Å². The lowest BCUT2D eigenvalue weighted by molar-refractivity contribution is -0.133. The van der Waals surface area contributed by atoms with E-state index in [-0.39, 0.29) is 12.5 Å². The molecule has 0 aliphatic heterocycles. The molecule has 1 aromatic carbocycles. The molecule has 0 N–H and O–H groups in total. The Bertz CT molecular complexity index is 682. The number of amides is 1. The second-order valence-electron chi connectivity index (χ2n) is 5.43. The average Bonchev–Trinajstić information content (AvgIpc) is 3.24. The molecule has 3 rings (SSSR count). The van der Waals surface area contributed by atoms with E-state index in [0.717, 1.165) is 18.4 Å². The molecule has 0 radical (unpaired) electrons. The van der Waals surface area contributed by atoms with Crippen molar-refractivity contribution in [3.05, 3.63) is 42.2 Å². The van der Waals surface area contributed by atoms with Crippen molar-refractivity contribution >= 4 is 16.7 Å². The molecule has 1 heterocycles. The molecule has 1 aliphatic rings. The summed E-state index contributed by atoms with van der Waals surface area (Å²) in [6.45, 7) is 0.738. The number of nitrogens with zero attached hydrogens (tertiary/aromatic N) is 4. The fourth-order valence-corrected chi connectivity index (χ4v) is 3.00. The highest BCUT2D eigenvalue weighted by atomic mass is 32.2. The van der Waals surface area contributed by atoms with Crippen LogP contribution in [0.1, 0.15) is 18.4 Å². The first-order chi connectivity index (χ1) is 10.6. The molecule has 1 saturated carbocycles. The molecule has 6 nitrogen and oxygen atoms in total. The smallest absolute Gasteiger partial charge is 0.243 e. The van der Waals surface area contributed by atoms with E-state index >= 15 is 0 Å². The SMILES string of the molecule is C[S@@](=O)c1nncn1CC(=O)N(Cc1ccccc1)C1CC1. The van der Waals surface area contributed by atoms with Gasteiger partial charge in [0.05, 0.1) is 10.8 Å². The van der Waals surface area contributed by atoms with Gasteiger partial charge in [0, 0.05) is 18.8 Å². The summed E-state index contributed by atoms with van der Waals surface area (Å²) in [7, 11) is -1.25. The highest BCUT2D eigenvalue weighted by Crippen LogP contribution is 2.28. The zero-order chi connectivity index (χ0) is 15.5. The maximum Gasteiger partial charge on any atom is 0.243 e. The van der Waals surface area contributed by atoms with Crippen LogP contribution in [0.15, 0.2) is 41.8 Å². The fraction of sp³-hybridized carbons (Fsp3) is 0.400. The first-order valence-corrected chi connectivity index (χ1v) is 8.75. The second-order valence-corrected chi connectivity index (χ2v) is 6.71. The quantitative estimate of drug-likeness (QED) is 0.803. The molecule has 0 spiro atoms. The van der Waals surface area contributed by atoms with Gasteiger partial charge in [-0.3, -0.25) is 13.6 Å². The minimum Gasteiger partial charge on any atom is -0.334 e. The van der Waals surface area contributed by atoms with Gasteiger partial charge in [0.15, 0.2) is 0 Å². The Hall–Kier alpha value is -2.02. The van der Waals surface area contributed by atoms with E-state index in [0.29, 0.717) is 17.7 Å². The monoisotopic (exact) mass is 318 g/mol. The number of hydrogen-bond donors (Lipinski definition) is 0. The highest BCUT2D eigenvalue weighted by molar-refractivity contribution is 7.84. The van der Waals surface area contributed by atoms with Crippen molar-refractivity contribution in [1.29, 1.82) is 0 Å². The van der Waals surface area contributed by atoms with Crippen molar-refractivity contribution in [1.82, 2.24) is 19.7 Å². The van der Waals surface area contributed by atoms with Gasteiger partial charge in [-0.25, -0.2) is 0 Å². The van der Waals surface area contributed by atoms with Crippen molar-refractivity contribution in [3.8, 4) is 0 Å². The molecule has 1 fully saturated rings. The van der Waals surface area contributed by atoms with E-state index in [2.05, 4.69) is 10.2 Å². The summed E-state index contributed by atoms with van der Waals surface area (Å²) in [5.74, 6) is 0.0119. The molecule has 116 valence electrons. The predicted molar refractivity (Wildman–Crippen MR) is 82.4 cm³/mol. The van der Waals surface area contributed by atoms with Crippen molar-refractivity contribution < 1.29 is 9.00 Å². The van der Waals surface area contributed by atoms with E-state index in [1.54, 1.807) is 4.57 Å².